The molecule has 3 aromatic carbocycles. The Labute approximate surface area is 213 Å². The van der Waals surface area contributed by atoms with E-state index in [1.807, 2.05) is 67.7 Å². The Morgan fingerprint density at radius 2 is 1.64 bits per heavy atom. The Hall–Kier alpha value is -4.06. The summed E-state index contributed by atoms with van der Waals surface area (Å²) >= 11 is 0. The van der Waals surface area contributed by atoms with Crippen LogP contribution in [0.25, 0.3) is 10.9 Å². The van der Waals surface area contributed by atoms with Crippen molar-refractivity contribution in [3.63, 3.8) is 0 Å². The lowest BCUT2D eigenvalue weighted by Gasteiger charge is -2.29. The van der Waals surface area contributed by atoms with Gasteiger partial charge in [-0.1, -0.05) is 66.7 Å². The summed E-state index contributed by atoms with van der Waals surface area (Å²) in [6, 6.07) is 28.2. The number of pyridine rings is 1. The third kappa shape index (κ3) is 6.13. The summed E-state index contributed by atoms with van der Waals surface area (Å²) in [5.74, 6) is 0.798. The molecular formula is C30H34N4O2. The number of benzene rings is 3. The second kappa shape index (κ2) is 12.1. The summed E-state index contributed by atoms with van der Waals surface area (Å²) in [5.41, 5.74) is 4.04. The lowest BCUT2D eigenvalue weighted by Crippen LogP contribution is -2.40. The van der Waals surface area contributed by atoms with Crippen molar-refractivity contribution in [2.75, 3.05) is 26.0 Å². The van der Waals surface area contributed by atoms with Gasteiger partial charge in [0, 0.05) is 37.3 Å². The average Bonchev–Trinajstić information content (AvgIpc) is 2.92. The molecule has 1 atom stereocenters. The molecule has 0 aliphatic heterocycles. The molecule has 36 heavy (non-hydrogen) atoms. The number of carbonyl (C=O) groups excluding carboxylic acids is 1. The number of ether oxygens (including phenoxy) is 1. The topological polar surface area (TPSA) is 66.5 Å². The lowest BCUT2D eigenvalue weighted by atomic mass is 9.98. The highest BCUT2D eigenvalue weighted by molar-refractivity contribution is 5.91. The Kier molecular flexibility index (Phi) is 8.40. The zero-order valence-electron chi connectivity index (χ0n) is 21.1. The third-order valence-corrected chi connectivity index (χ3v) is 6.34. The minimum atomic E-state index is -0.151. The fraction of sp³-hybridized carbons (Fsp3) is 0.267. The van der Waals surface area contributed by atoms with E-state index in [1.54, 1.807) is 18.2 Å². The molecule has 4 aromatic rings. The van der Waals surface area contributed by atoms with E-state index in [4.69, 9.17) is 4.74 Å². The Morgan fingerprint density at radius 3 is 2.28 bits per heavy atom. The van der Waals surface area contributed by atoms with Gasteiger partial charge in [-0.25, -0.2) is 4.79 Å². The molecule has 6 nitrogen and oxygen atoms in total. The first-order valence-electron chi connectivity index (χ1n) is 12.4. The molecule has 0 saturated heterocycles. The summed E-state index contributed by atoms with van der Waals surface area (Å²) < 4.78 is 5.46. The molecule has 1 heterocycles. The van der Waals surface area contributed by atoms with Crippen molar-refractivity contribution in [2.45, 2.75) is 31.8 Å². The van der Waals surface area contributed by atoms with E-state index in [-0.39, 0.29) is 18.1 Å². The molecule has 2 amide bonds. The summed E-state index contributed by atoms with van der Waals surface area (Å²) in [4.78, 5) is 19.4. The highest BCUT2D eigenvalue weighted by Gasteiger charge is 2.23. The fourth-order valence-corrected chi connectivity index (χ4v) is 4.49. The number of hydrogen-bond donors (Lipinski definition) is 2. The number of anilines is 1. The number of hydrogen-bond acceptors (Lipinski definition) is 4. The van der Waals surface area contributed by atoms with Gasteiger partial charge in [0.2, 0.25) is 0 Å². The van der Waals surface area contributed by atoms with Crippen molar-refractivity contribution in [1.82, 2.24) is 15.2 Å². The third-order valence-electron chi connectivity index (χ3n) is 6.34. The van der Waals surface area contributed by atoms with Gasteiger partial charge in [-0.05, 0) is 43.0 Å². The van der Waals surface area contributed by atoms with Crippen LogP contribution in [0.2, 0.25) is 0 Å². The maximum absolute atomic E-state index is 13.1. The molecule has 0 aliphatic carbocycles. The molecule has 0 aliphatic rings. The van der Waals surface area contributed by atoms with E-state index in [0.717, 1.165) is 46.3 Å². The second-order valence-corrected chi connectivity index (χ2v) is 9.00. The van der Waals surface area contributed by atoms with E-state index in [0.29, 0.717) is 6.54 Å². The van der Waals surface area contributed by atoms with Crippen molar-refractivity contribution >= 4 is 22.6 Å². The lowest BCUT2D eigenvalue weighted by molar-refractivity contribution is 0.198. The van der Waals surface area contributed by atoms with E-state index >= 15 is 0 Å². The molecule has 6 heteroatoms. The number of nitrogens with one attached hydrogen (secondary N) is 2. The first kappa shape index (κ1) is 25.0. The van der Waals surface area contributed by atoms with Gasteiger partial charge in [-0.15, -0.1) is 0 Å². The number of urea groups is 1. The van der Waals surface area contributed by atoms with E-state index in [9.17, 15) is 4.79 Å². The average molecular weight is 483 g/mol. The number of rotatable bonds is 10. The van der Waals surface area contributed by atoms with Crippen molar-refractivity contribution in [3.05, 3.63) is 102 Å². The number of nitrogens with zero attached hydrogens (tertiary/aromatic N) is 2. The molecule has 0 radical (unpaired) electrons. The van der Waals surface area contributed by atoms with Crippen LogP contribution in [0.3, 0.4) is 0 Å². The first-order valence-corrected chi connectivity index (χ1v) is 12.4. The fourth-order valence-electron chi connectivity index (χ4n) is 4.49. The molecule has 1 aromatic heterocycles. The van der Waals surface area contributed by atoms with Gasteiger partial charge < -0.3 is 20.3 Å². The van der Waals surface area contributed by atoms with Crippen LogP contribution in [0.1, 0.15) is 36.9 Å². The van der Waals surface area contributed by atoms with Crippen LogP contribution in [0.5, 0.6) is 5.75 Å². The number of aromatic nitrogens is 1. The van der Waals surface area contributed by atoms with Gasteiger partial charge in [-0.2, -0.15) is 0 Å². The monoisotopic (exact) mass is 482 g/mol. The van der Waals surface area contributed by atoms with Crippen molar-refractivity contribution in [3.8, 4) is 5.75 Å². The normalized spacial score (nSPS) is 11.8. The van der Waals surface area contributed by atoms with Crippen LogP contribution >= 0.6 is 0 Å². The number of methoxy groups -OCH3 is 1. The zero-order chi connectivity index (χ0) is 25.3. The SMILES string of the molecule is COc1cc(NC(C)CCCNC(=O)N(C)C(c2ccccc2)c2ccccc2)c2ncccc2c1. The van der Waals surface area contributed by atoms with Gasteiger partial charge in [-0.3, -0.25) is 4.98 Å². The van der Waals surface area contributed by atoms with Crippen LogP contribution < -0.4 is 15.4 Å². The predicted molar refractivity (Wildman–Crippen MR) is 147 cm³/mol. The summed E-state index contributed by atoms with van der Waals surface area (Å²) in [7, 11) is 3.52. The van der Waals surface area contributed by atoms with Crippen LogP contribution in [0.15, 0.2) is 91.1 Å². The van der Waals surface area contributed by atoms with Crippen molar-refractivity contribution in [2.24, 2.45) is 0 Å². The minimum Gasteiger partial charge on any atom is -0.497 e. The number of carbonyl (C=O) groups is 1. The predicted octanol–water partition coefficient (Wildman–Crippen LogP) is 6.26. The molecule has 0 bridgehead atoms. The zero-order valence-corrected chi connectivity index (χ0v) is 21.1. The van der Waals surface area contributed by atoms with Crippen LogP contribution in [0, 0.1) is 0 Å². The van der Waals surface area contributed by atoms with E-state index in [2.05, 4.69) is 46.8 Å². The summed E-state index contributed by atoms with van der Waals surface area (Å²) in [6.07, 6.45) is 3.55. The Morgan fingerprint density at radius 1 is 0.972 bits per heavy atom. The molecule has 4 rings (SSSR count). The molecule has 1 unspecified atom stereocenters. The molecule has 0 spiro atoms. The molecule has 186 valence electrons. The van der Waals surface area contributed by atoms with Crippen LogP contribution in [0.4, 0.5) is 10.5 Å². The minimum absolute atomic E-state index is 0.0868. The van der Waals surface area contributed by atoms with Crippen molar-refractivity contribution in [1.29, 1.82) is 0 Å². The molecular weight excluding hydrogens is 448 g/mol. The highest BCUT2D eigenvalue weighted by Crippen LogP contribution is 2.29. The van der Waals surface area contributed by atoms with Crippen LogP contribution in [-0.2, 0) is 0 Å². The number of fused-ring (bicyclic) bond motifs is 1. The van der Waals surface area contributed by atoms with Gasteiger partial charge in [0.15, 0.2) is 0 Å². The quantitative estimate of drug-likeness (QED) is 0.262. The molecule has 0 fully saturated rings. The Balaban J connectivity index is 1.33. The van der Waals surface area contributed by atoms with Gasteiger partial charge in [0.05, 0.1) is 24.4 Å². The second-order valence-electron chi connectivity index (χ2n) is 9.00. The highest BCUT2D eigenvalue weighted by atomic mass is 16.5. The van der Waals surface area contributed by atoms with E-state index in [1.165, 1.54) is 0 Å². The van der Waals surface area contributed by atoms with Gasteiger partial charge in [0.1, 0.15) is 5.75 Å². The first-order chi connectivity index (χ1) is 17.6. The maximum Gasteiger partial charge on any atom is 0.317 e. The smallest absolute Gasteiger partial charge is 0.317 e. The summed E-state index contributed by atoms with van der Waals surface area (Å²) in [5, 5.41) is 7.70. The maximum atomic E-state index is 13.1. The van der Waals surface area contributed by atoms with Crippen molar-refractivity contribution < 1.29 is 9.53 Å². The Bertz CT molecular complexity index is 1220. The molecule has 0 saturated carbocycles. The molecule has 2 N–H and O–H groups in total. The van der Waals surface area contributed by atoms with Crippen LogP contribution in [-0.4, -0.2) is 42.7 Å². The summed E-state index contributed by atoms with van der Waals surface area (Å²) in [6.45, 7) is 2.74. The van der Waals surface area contributed by atoms with Gasteiger partial charge >= 0.3 is 6.03 Å². The van der Waals surface area contributed by atoms with E-state index < -0.39 is 0 Å². The van der Waals surface area contributed by atoms with Gasteiger partial charge in [0.25, 0.3) is 0 Å². The number of amides is 2. The standard InChI is InChI=1S/C30H34N4O2/c1-22(33-27-21-26(36-3)20-25-17-11-18-31-28(25)27)12-10-19-32-30(35)34(2)29(23-13-6-4-7-14-23)24-15-8-5-9-16-24/h4-9,11,13-18,20-22,29,33H,10,12,19H2,1-3H3,(H,32,35). The largest absolute Gasteiger partial charge is 0.497 e.